The second-order valence-electron chi connectivity index (χ2n) is 13.1. The van der Waals surface area contributed by atoms with E-state index >= 15 is 0 Å². The molecule has 0 aliphatic heterocycles. The summed E-state index contributed by atoms with van der Waals surface area (Å²) in [5.74, 6) is -0.895. The highest BCUT2D eigenvalue weighted by Gasteiger charge is 2.25. The van der Waals surface area contributed by atoms with E-state index in [0.717, 1.165) is 57.8 Å². The van der Waals surface area contributed by atoms with Crippen molar-refractivity contribution >= 4 is 19.8 Å². The molecule has 0 rings (SSSR count). The standard InChI is InChI=1S/C41H74NO8P/c1-3-5-7-9-11-13-15-17-19-21-23-25-27-29-31-33-40(43)47-37-39(38-49-51(45,46)48-36-35-42)50-41(44)34-32-30-28-26-24-22-20-18-16-14-12-10-8-6-4-2/h12,14,18,20-21,23-24,26,39H,3-11,13,15-17,19,22,25,27-38,42H2,1-2H3,(H,45,46)/b14-12+,20-18+,23-21+,26-24+/t39-/m1/s1. The minimum Gasteiger partial charge on any atom is -0.462 e. The predicted molar refractivity (Wildman–Crippen MR) is 210 cm³/mol. The number of phosphoric ester groups is 1. The number of carbonyl (C=O) groups is 2. The molecule has 0 amide bonds. The number of allylic oxidation sites excluding steroid dienone is 8. The zero-order valence-electron chi connectivity index (χ0n) is 32.3. The number of hydrogen-bond donors (Lipinski definition) is 2. The Balaban J connectivity index is 4.30. The van der Waals surface area contributed by atoms with Gasteiger partial charge in [0.1, 0.15) is 6.61 Å². The van der Waals surface area contributed by atoms with E-state index < -0.39 is 32.5 Å². The molecule has 0 radical (unpaired) electrons. The van der Waals surface area contributed by atoms with E-state index in [2.05, 4.69) is 62.5 Å². The highest BCUT2D eigenvalue weighted by Crippen LogP contribution is 2.43. The lowest BCUT2D eigenvalue weighted by Crippen LogP contribution is -2.29. The Bertz CT molecular complexity index is 981. The molecular formula is C41H74NO8P. The Morgan fingerprint density at radius 2 is 1.02 bits per heavy atom. The Labute approximate surface area is 311 Å². The van der Waals surface area contributed by atoms with Crippen LogP contribution in [0.15, 0.2) is 48.6 Å². The van der Waals surface area contributed by atoms with Crippen molar-refractivity contribution in [3.05, 3.63) is 48.6 Å². The number of esters is 2. The van der Waals surface area contributed by atoms with Gasteiger partial charge >= 0.3 is 19.8 Å². The molecule has 1 unspecified atom stereocenters. The van der Waals surface area contributed by atoms with Gasteiger partial charge in [0.05, 0.1) is 13.2 Å². The van der Waals surface area contributed by atoms with Crippen LogP contribution in [0.2, 0.25) is 0 Å². The third-order valence-corrected chi connectivity index (χ3v) is 9.17. The van der Waals surface area contributed by atoms with E-state index in [1.165, 1.54) is 70.6 Å². The van der Waals surface area contributed by atoms with Crippen molar-refractivity contribution in [3.63, 3.8) is 0 Å². The second-order valence-corrected chi connectivity index (χ2v) is 14.6. The number of ether oxygens (including phenoxy) is 2. The first-order chi connectivity index (χ1) is 24.8. The summed E-state index contributed by atoms with van der Waals surface area (Å²) < 4.78 is 32.6. The van der Waals surface area contributed by atoms with Crippen LogP contribution < -0.4 is 5.73 Å². The fraction of sp³-hybridized carbons (Fsp3) is 0.756. The molecule has 10 heteroatoms. The van der Waals surface area contributed by atoms with Crippen molar-refractivity contribution in [3.8, 4) is 0 Å². The summed E-state index contributed by atoms with van der Waals surface area (Å²) in [6.07, 6.45) is 41.4. The van der Waals surface area contributed by atoms with Gasteiger partial charge in [-0.25, -0.2) is 4.57 Å². The molecule has 0 saturated heterocycles. The molecule has 2 atom stereocenters. The van der Waals surface area contributed by atoms with Crippen molar-refractivity contribution in [2.75, 3.05) is 26.4 Å². The quantitative estimate of drug-likeness (QED) is 0.0276. The first-order valence-corrected chi connectivity index (χ1v) is 21.6. The molecule has 296 valence electrons. The molecular weight excluding hydrogens is 665 g/mol. The molecule has 0 aromatic heterocycles. The molecule has 0 saturated carbocycles. The van der Waals surface area contributed by atoms with E-state index in [4.69, 9.17) is 24.3 Å². The Morgan fingerprint density at radius 1 is 0.588 bits per heavy atom. The summed E-state index contributed by atoms with van der Waals surface area (Å²) in [6, 6.07) is 0. The van der Waals surface area contributed by atoms with Crippen LogP contribution in [-0.4, -0.2) is 49.3 Å². The highest BCUT2D eigenvalue weighted by molar-refractivity contribution is 7.47. The lowest BCUT2D eigenvalue weighted by Gasteiger charge is -2.19. The van der Waals surface area contributed by atoms with E-state index in [9.17, 15) is 19.0 Å². The smallest absolute Gasteiger partial charge is 0.462 e. The van der Waals surface area contributed by atoms with Gasteiger partial charge in [0.25, 0.3) is 0 Å². The molecule has 0 spiro atoms. The fourth-order valence-electron chi connectivity index (χ4n) is 5.16. The third-order valence-electron chi connectivity index (χ3n) is 8.19. The van der Waals surface area contributed by atoms with Crippen LogP contribution >= 0.6 is 7.82 Å². The molecule has 3 N–H and O–H groups in total. The number of rotatable bonds is 37. The number of unbranched alkanes of at least 4 members (excludes halogenated alkanes) is 16. The molecule has 0 heterocycles. The largest absolute Gasteiger partial charge is 0.472 e. The van der Waals surface area contributed by atoms with E-state index in [1.54, 1.807) is 0 Å². The highest BCUT2D eigenvalue weighted by atomic mass is 31.2. The van der Waals surface area contributed by atoms with Gasteiger partial charge in [0.2, 0.25) is 0 Å². The maximum Gasteiger partial charge on any atom is 0.472 e. The summed E-state index contributed by atoms with van der Waals surface area (Å²) >= 11 is 0. The first kappa shape index (κ1) is 49.0. The molecule has 0 fully saturated rings. The third kappa shape index (κ3) is 37.5. The van der Waals surface area contributed by atoms with Gasteiger partial charge in [-0.2, -0.15) is 0 Å². The number of hydrogen-bond acceptors (Lipinski definition) is 8. The van der Waals surface area contributed by atoms with Crippen LogP contribution in [0.25, 0.3) is 0 Å². The predicted octanol–water partition coefficient (Wildman–Crippen LogP) is 11.2. The molecule has 0 aliphatic rings. The molecule has 9 nitrogen and oxygen atoms in total. The summed E-state index contributed by atoms with van der Waals surface area (Å²) in [7, 11) is -4.39. The average molecular weight is 740 g/mol. The van der Waals surface area contributed by atoms with Gasteiger partial charge in [0.15, 0.2) is 6.10 Å². The normalized spacial score (nSPS) is 13.9. The fourth-order valence-corrected chi connectivity index (χ4v) is 5.93. The van der Waals surface area contributed by atoms with Gasteiger partial charge in [-0.1, -0.05) is 127 Å². The van der Waals surface area contributed by atoms with Gasteiger partial charge in [-0.15, -0.1) is 0 Å². The number of carbonyl (C=O) groups excluding carboxylic acids is 2. The van der Waals surface area contributed by atoms with Crippen LogP contribution in [0.5, 0.6) is 0 Å². The minimum atomic E-state index is -4.39. The van der Waals surface area contributed by atoms with Crippen LogP contribution in [0.4, 0.5) is 0 Å². The van der Waals surface area contributed by atoms with Crippen LogP contribution in [0.1, 0.15) is 168 Å². The van der Waals surface area contributed by atoms with Crippen LogP contribution in [-0.2, 0) is 32.7 Å². The second kappa shape index (κ2) is 37.7. The topological polar surface area (TPSA) is 134 Å². The Hall–Kier alpha value is -2.03. The SMILES string of the molecule is CCCCC/C=C/C/C=C/C/C=C/CCCCC(=O)O[C@H](COC(=O)CCCCC/C=C/CCCCCCCCCC)COP(=O)(O)OCCN. The van der Waals surface area contributed by atoms with Crippen molar-refractivity contribution in [1.82, 2.24) is 0 Å². The monoisotopic (exact) mass is 740 g/mol. The van der Waals surface area contributed by atoms with Gasteiger partial charge in [0, 0.05) is 19.4 Å². The van der Waals surface area contributed by atoms with Gasteiger partial charge in [-0.05, 0) is 77.0 Å². The van der Waals surface area contributed by atoms with E-state index in [-0.39, 0.29) is 32.6 Å². The van der Waals surface area contributed by atoms with Crippen molar-refractivity contribution in [2.45, 2.75) is 174 Å². The molecule has 0 aliphatic carbocycles. The van der Waals surface area contributed by atoms with Crippen molar-refractivity contribution in [2.24, 2.45) is 5.73 Å². The molecule has 51 heavy (non-hydrogen) atoms. The van der Waals surface area contributed by atoms with Crippen LogP contribution in [0, 0.1) is 0 Å². The summed E-state index contributed by atoms with van der Waals surface area (Å²) in [6.45, 7) is 3.62. The van der Waals surface area contributed by atoms with Crippen molar-refractivity contribution < 1.29 is 37.6 Å². The maximum absolute atomic E-state index is 12.5. The van der Waals surface area contributed by atoms with Crippen molar-refractivity contribution in [1.29, 1.82) is 0 Å². The average Bonchev–Trinajstić information content (AvgIpc) is 3.11. The molecule has 0 aromatic carbocycles. The summed E-state index contributed by atoms with van der Waals surface area (Å²) in [5.41, 5.74) is 5.33. The summed E-state index contributed by atoms with van der Waals surface area (Å²) in [5, 5.41) is 0. The van der Waals surface area contributed by atoms with Gasteiger partial charge in [-0.3, -0.25) is 18.6 Å². The lowest BCUT2D eigenvalue weighted by molar-refractivity contribution is -0.161. The Kier molecular flexibility index (Phi) is 36.2. The zero-order chi connectivity index (χ0) is 37.5. The molecule has 0 aromatic rings. The number of nitrogens with two attached hydrogens (primary N) is 1. The minimum absolute atomic E-state index is 0.0439. The maximum atomic E-state index is 12.5. The lowest BCUT2D eigenvalue weighted by atomic mass is 10.1. The molecule has 0 bridgehead atoms. The van der Waals surface area contributed by atoms with E-state index in [1.807, 2.05) is 0 Å². The summed E-state index contributed by atoms with van der Waals surface area (Å²) in [4.78, 5) is 34.7. The Morgan fingerprint density at radius 3 is 1.61 bits per heavy atom. The van der Waals surface area contributed by atoms with Gasteiger partial charge < -0.3 is 20.1 Å². The zero-order valence-corrected chi connectivity index (χ0v) is 33.2. The number of phosphoric acid groups is 1. The van der Waals surface area contributed by atoms with Crippen LogP contribution in [0.3, 0.4) is 0 Å². The van der Waals surface area contributed by atoms with E-state index in [0.29, 0.717) is 12.8 Å². The first-order valence-electron chi connectivity index (χ1n) is 20.1.